The van der Waals surface area contributed by atoms with Crippen molar-refractivity contribution in [2.45, 2.75) is 51.0 Å². The Morgan fingerprint density at radius 3 is 2.75 bits per heavy atom. The van der Waals surface area contributed by atoms with E-state index >= 15 is 0 Å². The first-order chi connectivity index (χ1) is 9.28. The Labute approximate surface area is 117 Å². The lowest BCUT2D eigenvalue weighted by molar-refractivity contribution is -0.0528. The third-order valence-electron chi connectivity index (χ3n) is 3.15. The largest absolute Gasteiger partial charge is 0.534 e. The molecule has 0 amide bonds. The fourth-order valence-corrected chi connectivity index (χ4v) is 2.68. The summed E-state index contributed by atoms with van der Waals surface area (Å²) in [5.74, 6) is -0.291. The van der Waals surface area contributed by atoms with Crippen molar-refractivity contribution < 1.29 is 25.8 Å². The smallest absolute Gasteiger partial charge is 0.381 e. The fourth-order valence-electron chi connectivity index (χ4n) is 2.13. The third kappa shape index (κ3) is 4.85. The van der Waals surface area contributed by atoms with Gasteiger partial charge in [-0.3, -0.25) is 0 Å². The standard InChI is InChI=1S/C13H19F3O3S/c1-2-3-4-5-8-11-9-6-7-10-12(11)19-20(17,18)13(14,15)16/h2-3,10-11H,4-9H2,1H3/b3-2-. The Balaban J connectivity index is 2.68. The molecule has 1 rings (SSSR count). The highest BCUT2D eigenvalue weighted by atomic mass is 32.2. The Morgan fingerprint density at radius 1 is 1.45 bits per heavy atom. The summed E-state index contributed by atoms with van der Waals surface area (Å²) in [4.78, 5) is 0. The van der Waals surface area contributed by atoms with E-state index in [9.17, 15) is 21.6 Å². The van der Waals surface area contributed by atoms with Crippen LogP contribution in [-0.4, -0.2) is 13.9 Å². The predicted octanol–water partition coefficient (Wildman–Crippen LogP) is 4.28. The molecule has 0 spiro atoms. The number of alkyl halides is 3. The highest BCUT2D eigenvalue weighted by Crippen LogP contribution is 2.34. The van der Waals surface area contributed by atoms with E-state index in [0.29, 0.717) is 19.3 Å². The highest BCUT2D eigenvalue weighted by molar-refractivity contribution is 7.87. The lowest BCUT2D eigenvalue weighted by Gasteiger charge is -2.24. The van der Waals surface area contributed by atoms with Crippen LogP contribution in [0.3, 0.4) is 0 Å². The van der Waals surface area contributed by atoms with E-state index in [4.69, 9.17) is 0 Å². The molecule has 1 aliphatic rings. The molecular formula is C13H19F3O3S. The number of halogens is 3. The molecule has 0 aromatic rings. The maximum Gasteiger partial charge on any atom is 0.534 e. The lowest BCUT2D eigenvalue weighted by Crippen LogP contribution is -2.27. The first-order valence-electron chi connectivity index (χ1n) is 6.60. The molecule has 0 bridgehead atoms. The number of hydrogen-bond donors (Lipinski definition) is 0. The Kier molecular flexibility index (Phi) is 6.10. The van der Waals surface area contributed by atoms with Crippen LogP contribution in [-0.2, 0) is 14.3 Å². The lowest BCUT2D eigenvalue weighted by atomic mass is 9.89. The van der Waals surface area contributed by atoms with Crippen LogP contribution in [0.4, 0.5) is 13.2 Å². The second-order valence-electron chi connectivity index (χ2n) is 4.72. The minimum atomic E-state index is -5.55. The second-order valence-corrected chi connectivity index (χ2v) is 6.26. The molecule has 0 saturated carbocycles. The fraction of sp³-hybridized carbons (Fsp3) is 0.692. The van der Waals surface area contributed by atoms with Gasteiger partial charge in [0.05, 0.1) is 0 Å². The summed E-state index contributed by atoms with van der Waals surface area (Å²) in [5.41, 5.74) is -5.37. The topological polar surface area (TPSA) is 43.4 Å². The minimum absolute atomic E-state index is 0.0472. The number of rotatable bonds is 6. The van der Waals surface area contributed by atoms with Gasteiger partial charge in [0, 0.05) is 5.92 Å². The molecule has 116 valence electrons. The summed E-state index contributed by atoms with van der Waals surface area (Å²) < 4.78 is 63.3. The van der Waals surface area contributed by atoms with Crippen LogP contribution in [0.15, 0.2) is 24.0 Å². The zero-order chi connectivity index (χ0) is 15.2. The van der Waals surface area contributed by atoms with E-state index in [1.807, 2.05) is 19.1 Å². The van der Waals surface area contributed by atoms with Gasteiger partial charge in [-0.2, -0.15) is 21.6 Å². The number of hydrogen-bond acceptors (Lipinski definition) is 3. The average Bonchev–Trinajstić information content (AvgIpc) is 2.35. The van der Waals surface area contributed by atoms with Crippen LogP contribution >= 0.6 is 0 Å². The van der Waals surface area contributed by atoms with E-state index < -0.39 is 15.6 Å². The Morgan fingerprint density at radius 2 is 2.15 bits per heavy atom. The number of unbranched alkanes of at least 4 members (excludes halogenated alkanes) is 1. The zero-order valence-corrected chi connectivity index (χ0v) is 12.1. The van der Waals surface area contributed by atoms with E-state index in [1.54, 1.807) is 0 Å². The van der Waals surface area contributed by atoms with E-state index in [2.05, 4.69) is 4.18 Å². The van der Waals surface area contributed by atoms with E-state index in [-0.39, 0.29) is 11.7 Å². The SMILES string of the molecule is C/C=C\CCCC1CCCC=C1OS(=O)(=O)C(F)(F)F. The van der Waals surface area contributed by atoms with Crippen molar-refractivity contribution in [3.63, 3.8) is 0 Å². The third-order valence-corrected chi connectivity index (χ3v) is 4.13. The maximum absolute atomic E-state index is 12.3. The van der Waals surface area contributed by atoms with Crippen molar-refractivity contribution in [3.05, 3.63) is 24.0 Å². The Bertz CT molecular complexity index is 464. The summed E-state index contributed by atoms with van der Waals surface area (Å²) in [5, 5.41) is 0. The minimum Gasteiger partial charge on any atom is -0.381 e. The summed E-state index contributed by atoms with van der Waals surface area (Å²) in [7, 11) is -5.55. The van der Waals surface area contributed by atoms with Gasteiger partial charge >= 0.3 is 15.6 Å². The van der Waals surface area contributed by atoms with Crippen molar-refractivity contribution in [1.82, 2.24) is 0 Å². The van der Waals surface area contributed by atoms with Crippen LogP contribution in [0.5, 0.6) is 0 Å². The van der Waals surface area contributed by atoms with Gasteiger partial charge in [0.25, 0.3) is 0 Å². The van der Waals surface area contributed by atoms with Crippen molar-refractivity contribution in [2.24, 2.45) is 5.92 Å². The summed E-state index contributed by atoms with van der Waals surface area (Å²) in [6.45, 7) is 1.89. The molecule has 0 aromatic heterocycles. The molecule has 0 heterocycles. The Hall–Kier alpha value is -0.980. The van der Waals surface area contributed by atoms with Crippen LogP contribution < -0.4 is 0 Å². The normalized spacial score (nSPS) is 21.0. The predicted molar refractivity (Wildman–Crippen MR) is 70.1 cm³/mol. The van der Waals surface area contributed by atoms with Crippen LogP contribution in [0.1, 0.15) is 45.4 Å². The quantitative estimate of drug-likeness (QED) is 0.318. The second kappa shape index (κ2) is 7.15. The molecule has 1 atom stereocenters. The van der Waals surface area contributed by atoms with Gasteiger partial charge in [-0.15, -0.1) is 0 Å². The van der Waals surface area contributed by atoms with Crippen molar-refractivity contribution in [2.75, 3.05) is 0 Å². The maximum atomic E-state index is 12.3. The van der Waals surface area contributed by atoms with Gasteiger partial charge in [0.15, 0.2) is 0 Å². The molecule has 1 aliphatic carbocycles. The van der Waals surface area contributed by atoms with Gasteiger partial charge in [-0.25, -0.2) is 0 Å². The molecule has 3 nitrogen and oxygen atoms in total. The van der Waals surface area contributed by atoms with Gasteiger partial charge in [0.2, 0.25) is 0 Å². The molecule has 20 heavy (non-hydrogen) atoms. The first-order valence-corrected chi connectivity index (χ1v) is 8.00. The van der Waals surface area contributed by atoms with Crippen LogP contribution in [0.2, 0.25) is 0 Å². The molecular weight excluding hydrogens is 293 g/mol. The molecule has 0 aliphatic heterocycles. The van der Waals surface area contributed by atoms with Crippen molar-refractivity contribution in [1.29, 1.82) is 0 Å². The van der Waals surface area contributed by atoms with Gasteiger partial charge < -0.3 is 4.18 Å². The molecule has 0 fully saturated rings. The average molecular weight is 312 g/mol. The summed E-state index contributed by atoms with van der Waals surface area (Å²) >= 11 is 0. The van der Waals surface area contributed by atoms with Crippen LogP contribution in [0, 0.1) is 5.92 Å². The molecule has 0 aromatic carbocycles. The number of allylic oxidation sites excluding steroid dienone is 4. The van der Waals surface area contributed by atoms with Gasteiger partial charge in [-0.1, -0.05) is 12.2 Å². The molecule has 1 unspecified atom stereocenters. The van der Waals surface area contributed by atoms with Crippen molar-refractivity contribution >= 4 is 10.1 Å². The van der Waals surface area contributed by atoms with E-state index in [1.165, 1.54) is 6.08 Å². The van der Waals surface area contributed by atoms with Crippen LogP contribution in [0.25, 0.3) is 0 Å². The van der Waals surface area contributed by atoms with Gasteiger partial charge in [0.1, 0.15) is 5.76 Å². The monoisotopic (exact) mass is 312 g/mol. The summed E-state index contributed by atoms with van der Waals surface area (Å²) in [6, 6.07) is 0. The highest BCUT2D eigenvalue weighted by Gasteiger charge is 2.49. The molecule has 0 saturated heterocycles. The zero-order valence-electron chi connectivity index (χ0n) is 11.3. The van der Waals surface area contributed by atoms with Crippen molar-refractivity contribution in [3.8, 4) is 0 Å². The van der Waals surface area contributed by atoms with Gasteiger partial charge in [-0.05, 0) is 51.5 Å². The molecule has 0 radical (unpaired) electrons. The molecule has 7 heteroatoms. The first kappa shape index (κ1) is 17.1. The molecule has 0 N–H and O–H groups in total. The summed E-state index contributed by atoms with van der Waals surface area (Å²) in [6.07, 6.45) is 9.64. The van der Waals surface area contributed by atoms with E-state index in [0.717, 1.165) is 19.3 Å².